The van der Waals surface area contributed by atoms with E-state index in [9.17, 15) is 22.7 Å². The Balaban J connectivity index is 1.62. The Labute approximate surface area is 192 Å². The molecule has 3 aromatic heterocycles. The van der Waals surface area contributed by atoms with Gasteiger partial charge in [0.05, 0.1) is 24.4 Å². The minimum absolute atomic E-state index is 0.0861. The predicted molar refractivity (Wildman–Crippen MR) is 117 cm³/mol. The Morgan fingerprint density at radius 2 is 1.97 bits per heavy atom. The van der Waals surface area contributed by atoms with E-state index in [2.05, 4.69) is 25.3 Å². The van der Waals surface area contributed by atoms with E-state index < -0.39 is 30.6 Å². The summed E-state index contributed by atoms with van der Waals surface area (Å²) in [6.07, 6.45) is -4.08. The van der Waals surface area contributed by atoms with Crippen LogP contribution >= 0.6 is 0 Å². The van der Waals surface area contributed by atoms with Crippen LogP contribution < -0.4 is 10.2 Å². The number of hydrogen-bond acceptors (Lipinski definition) is 8. The molecule has 0 aliphatic carbocycles. The summed E-state index contributed by atoms with van der Waals surface area (Å²) in [5.74, 6) is 0.775. The minimum Gasteiger partial charge on any atom is -0.385 e. The first kappa shape index (κ1) is 24.1. The van der Waals surface area contributed by atoms with Gasteiger partial charge in [-0.05, 0) is 26.3 Å². The molecule has 34 heavy (non-hydrogen) atoms. The highest BCUT2D eigenvalue weighted by Gasteiger charge is 2.40. The predicted octanol–water partition coefficient (Wildman–Crippen LogP) is 3.70. The smallest absolute Gasteiger partial charge is 0.385 e. The molecular weight excluding hydrogens is 458 g/mol. The van der Waals surface area contributed by atoms with Crippen LogP contribution in [0, 0.1) is 0 Å². The molecule has 1 saturated heterocycles. The van der Waals surface area contributed by atoms with Crippen molar-refractivity contribution in [1.29, 1.82) is 0 Å². The first-order chi connectivity index (χ1) is 16.1. The molecule has 0 saturated carbocycles. The molecule has 4 heterocycles. The van der Waals surface area contributed by atoms with E-state index in [0.29, 0.717) is 24.7 Å². The summed E-state index contributed by atoms with van der Waals surface area (Å²) in [6, 6.07) is 1.08. The van der Waals surface area contributed by atoms with Gasteiger partial charge >= 0.3 is 6.18 Å². The number of aliphatic hydroxyl groups excluding tert-OH is 1. The molecule has 2 N–H and O–H groups in total. The van der Waals surface area contributed by atoms with Crippen molar-refractivity contribution in [1.82, 2.24) is 24.5 Å². The van der Waals surface area contributed by atoms with Crippen molar-refractivity contribution in [2.45, 2.75) is 50.9 Å². The number of ether oxygens (including phenoxy) is 1. The maximum Gasteiger partial charge on any atom is 0.408 e. The number of aromatic nitrogens is 5. The van der Waals surface area contributed by atoms with Gasteiger partial charge in [-0.2, -0.15) is 18.2 Å². The number of hydrogen-bond donors (Lipinski definition) is 2. The molecule has 2 unspecified atom stereocenters. The van der Waals surface area contributed by atoms with E-state index in [-0.39, 0.29) is 29.2 Å². The van der Waals surface area contributed by atoms with Gasteiger partial charge < -0.3 is 24.6 Å². The Kier molecular flexibility index (Phi) is 6.58. The van der Waals surface area contributed by atoms with Crippen LogP contribution in [-0.2, 0) is 4.74 Å². The molecule has 184 valence electrons. The van der Waals surface area contributed by atoms with E-state index >= 15 is 0 Å². The Morgan fingerprint density at radius 3 is 2.62 bits per heavy atom. The van der Waals surface area contributed by atoms with Crippen molar-refractivity contribution in [3.05, 3.63) is 30.4 Å². The summed E-state index contributed by atoms with van der Waals surface area (Å²) < 4.78 is 60.9. The highest BCUT2D eigenvalue weighted by Crippen LogP contribution is 2.36. The number of anilines is 3. The van der Waals surface area contributed by atoms with Gasteiger partial charge in [0.2, 0.25) is 5.95 Å². The fraction of sp³-hybridized carbons (Fsp3) is 0.524. The second-order valence-corrected chi connectivity index (χ2v) is 8.18. The van der Waals surface area contributed by atoms with E-state index in [0.717, 1.165) is 11.5 Å². The van der Waals surface area contributed by atoms with Crippen LogP contribution in [0.5, 0.6) is 0 Å². The van der Waals surface area contributed by atoms with Crippen LogP contribution in [0.4, 0.5) is 35.1 Å². The Hall–Kier alpha value is -3.06. The van der Waals surface area contributed by atoms with Gasteiger partial charge in [0.1, 0.15) is 41.3 Å². The summed E-state index contributed by atoms with van der Waals surface area (Å²) in [6.45, 7) is 2.96. The molecular formula is C21H25F4N7O2. The second kappa shape index (κ2) is 9.29. The van der Waals surface area contributed by atoms with Crippen molar-refractivity contribution in [3.8, 4) is 0 Å². The SMILES string of the molecule is COC1CCN(c2nccc(Nc3cc4c(cn3)nc([C@H](C)O)n4[C@@H](C)C(F)(F)F)n2)CC1F. The number of fused-ring (bicyclic) bond motifs is 1. The monoisotopic (exact) mass is 483 g/mol. The number of halogens is 4. The maximum atomic E-state index is 14.3. The summed E-state index contributed by atoms with van der Waals surface area (Å²) in [5, 5.41) is 12.9. The van der Waals surface area contributed by atoms with Gasteiger partial charge in [-0.1, -0.05) is 0 Å². The topological polar surface area (TPSA) is 101 Å². The molecule has 0 bridgehead atoms. The number of nitrogens with one attached hydrogen (secondary N) is 1. The van der Waals surface area contributed by atoms with E-state index in [1.54, 1.807) is 11.0 Å². The zero-order valence-corrected chi connectivity index (χ0v) is 18.8. The number of piperidine rings is 1. The van der Waals surface area contributed by atoms with Gasteiger partial charge in [-0.3, -0.25) is 0 Å². The molecule has 3 aromatic rings. The second-order valence-electron chi connectivity index (χ2n) is 8.18. The normalized spacial score (nSPS) is 21.0. The molecule has 1 aliphatic heterocycles. The third-order valence-electron chi connectivity index (χ3n) is 5.80. The van der Waals surface area contributed by atoms with Crippen molar-refractivity contribution in [3.63, 3.8) is 0 Å². The fourth-order valence-electron chi connectivity index (χ4n) is 3.97. The van der Waals surface area contributed by atoms with Crippen LogP contribution in [-0.4, -0.2) is 68.3 Å². The first-order valence-electron chi connectivity index (χ1n) is 10.7. The molecule has 1 aliphatic rings. The number of alkyl halides is 4. The zero-order chi connectivity index (χ0) is 24.6. The number of pyridine rings is 1. The molecule has 13 heteroatoms. The van der Waals surface area contributed by atoms with Gasteiger partial charge in [0.15, 0.2) is 0 Å². The van der Waals surface area contributed by atoms with Crippen LogP contribution in [0.3, 0.4) is 0 Å². The molecule has 0 amide bonds. The van der Waals surface area contributed by atoms with Crippen LogP contribution in [0.2, 0.25) is 0 Å². The first-order valence-corrected chi connectivity index (χ1v) is 10.7. The van der Waals surface area contributed by atoms with Crippen molar-refractivity contribution in [2.24, 2.45) is 0 Å². The lowest BCUT2D eigenvalue weighted by Crippen LogP contribution is -2.46. The lowest BCUT2D eigenvalue weighted by Gasteiger charge is -2.33. The summed E-state index contributed by atoms with van der Waals surface area (Å²) in [7, 11) is 1.48. The van der Waals surface area contributed by atoms with E-state index in [4.69, 9.17) is 4.74 Å². The number of methoxy groups -OCH3 is 1. The fourth-order valence-corrected chi connectivity index (χ4v) is 3.97. The largest absolute Gasteiger partial charge is 0.408 e. The molecule has 4 atom stereocenters. The highest BCUT2D eigenvalue weighted by molar-refractivity contribution is 5.79. The van der Waals surface area contributed by atoms with Crippen molar-refractivity contribution in [2.75, 3.05) is 30.4 Å². The van der Waals surface area contributed by atoms with Gasteiger partial charge in [-0.15, -0.1) is 0 Å². The Morgan fingerprint density at radius 1 is 1.21 bits per heavy atom. The third-order valence-corrected chi connectivity index (χ3v) is 5.80. The number of rotatable bonds is 6. The summed E-state index contributed by atoms with van der Waals surface area (Å²) in [5.41, 5.74) is 0.380. The molecule has 9 nitrogen and oxygen atoms in total. The van der Waals surface area contributed by atoms with Crippen molar-refractivity contribution >= 4 is 28.6 Å². The molecule has 1 fully saturated rings. The number of imidazole rings is 1. The van der Waals surface area contributed by atoms with E-state index in [1.807, 2.05) is 0 Å². The molecule has 0 aromatic carbocycles. The highest BCUT2D eigenvalue weighted by atomic mass is 19.4. The summed E-state index contributed by atoms with van der Waals surface area (Å²) >= 11 is 0. The zero-order valence-electron chi connectivity index (χ0n) is 18.8. The Bertz CT molecular complexity index is 1150. The lowest BCUT2D eigenvalue weighted by molar-refractivity contribution is -0.163. The average Bonchev–Trinajstić information content (AvgIpc) is 3.17. The molecule has 0 spiro atoms. The van der Waals surface area contributed by atoms with Gasteiger partial charge in [-0.25, -0.2) is 19.3 Å². The summed E-state index contributed by atoms with van der Waals surface area (Å²) in [4.78, 5) is 18.7. The standard InChI is InChI=1S/C21H25F4N7O2/c1-11(33)19-28-14-9-27-18(8-15(14)32(19)12(2)21(23,24)25)29-17-4-6-26-20(30-17)31-7-5-16(34-3)13(22)10-31/h4,6,8-9,11-13,16,33H,5,7,10H2,1-3H3,(H,26,27,29,30)/t11-,12-,13?,16?/m0/s1. The van der Waals surface area contributed by atoms with Crippen molar-refractivity contribution < 1.29 is 27.4 Å². The third kappa shape index (κ3) is 4.75. The minimum atomic E-state index is -4.54. The van der Waals surface area contributed by atoms with Crippen LogP contribution in [0.25, 0.3) is 11.0 Å². The molecule has 4 rings (SSSR count). The van der Waals surface area contributed by atoms with E-state index in [1.165, 1.54) is 32.5 Å². The average molecular weight is 483 g/mol. The van der Waals surface area contributed by atoms with Crippen LogP contribution in [0.1, 0.15) is 38.2 Å². The number of aliphatic hydroxyl groups is 1. The van der Waals surface area contributed by atoms with Gasteiger partial charge in [0.25, 0.3) is 0 Å². The van der Waals surface area contributed by atoms with Gasteiger partial charge in [0, 0.05) is 25.9 Å². The quantitative estimate of drug-likeness (QED) is 0.512. The maximum absolute atomic E-state index is 14.3. The number of nitrogens with zero attached hydrogens (tertiary/aromatic N) is 6. The van der Waals surface area contributed by atoms with Crippen LogP contribution in [0.15, 0.2) is 24.5 Å². The lowest BCUT2D eigenvalue weighted by atomic mass is 10.1. The molecule has 0 radical (unpaired) electrons.